The van der Waals surface area contributed by atoms with Crippen molar-refractivity contribution in [2.24, 2.45) is 0 Å². The molecule has 6 nitrogen and oxygen atoms in total. The second-order valence-corrected chi connectivity index (χ2v) is 3.58. The fourth-order valence-corrected chi connectivity index (χ4v) is 1.46. The van der Waals surface area contributed by atoms with Crippen LogP contribution in [-0.4, -0.2) is 28.0 Å². The average molecular weight is 245 g/mol. The summed E-state index contributed by atoms with van der Waals surface area (Å²) in [4.78, 5) is 33.4. The normalized spacial score (nSPS) is 10.1. The average Bonchev–Trinajstić information content (AvgIpc) is 2.39. The number of hydrogen-bond acceptors (Lipinski definition) is 5. The highest BCUT2D eigenvalue weighted by atomic mass is 16.5. The zero-order valence-electron chi connectivity index (χ0n) is 9.71. The van der Waals surface area contributed by atoms with Crippen LogP contribution in [0.2, 0.25) is 0 Å². The molecule has 2 aromatic rings. The van der Waals surface area contributed by atoms with Crippen LogP contribution in [0, 0.1) is 0 Å². The summed E-state index contributed by atoms with van der Waals surface area (Å²) in [6, 6.07) is 4.78. The van der Waals surface area contributed by atoms with Crippen LogP contribution in [0.1, 0.15) is 5.69 Å². The second-order valence-electron chi connectivity index (χ2n) is 3.58. The van der Waals surface area contributed by atoms with Crippen molar-refractivity contribution in [2.45, 2.75) is 6.42 Å². The van der Waals surface area contributed by atoms with Gasteiger partial charge < -0.3 is 9.72 Å². The van der Waals surface area contributed by atoms with Crippen LogP contribution in [0.4, 0.5) is 0 Å². The van der Waals surface area contributed by atoms with Crippen LogP contribution in [-0.2, 0) is 16.0 Å². The van der Waals surface area contributed by atoms with E-state index >= 15 is 0 Å². The van der Waals surface area contributed by atoms with Crippen molar-refractivity contribution in [3.8, 4) is 11.4 Å². The number of methoxy groups -OCH3 is 1. The van der Waals surface area contributed by atoms with Crippen molar-refractivity contribution < 1.29 is 9.53 Å². The molecule has 0 aliphatic carbocycles. The third-order valence-corrected chi connectivity index (χ3v) is 2.28. The van der Waals surface area contributed by atoms with Crippen molar-refractivity contribution in [1.29, 1.82) is 0 Å². The van der Waals surface area contributed by atoms with E-state index in [9.17, 15) is 9.59 Å². The number of rotatable bonds is 3. The summed E-state index contributed by atoms with van der Waals surface area (Å²) in [7, 11) is 1.29. The molecule has 0 spiro atoms. The first-order valence-electron chi connectivity index (χ1n) is 5.26. The van der Waals surface area contributed by atoms with E-state index in [1.54, 1.807) is 24.5 Å². The Kier molecular flexibility index (Phi) is 3.47. The number of pyridine rings is 1. The summed E-state index contributed by atoms with van der Waals surface area (Å²) in [6.45, 7) is 0. The third kappa shape index (κ3) is 2.79. The fourth-order valence-electron chi connectivity index (χ4n) is 1.46. The molecule has 0 aliphatic rings. The van der Waals surface area contributed by atoms with Crippen LogP contribution in [0.3, 0.4) is 0 Å². The molecule has 0 radical (unpaired) electrons. The van der Waals surface area contributed by atoms with Crippen LogP contribution in [0.15, 0.2) is 35.4 Å². The molecule has 92 valence electrons. The number of hydrogen-bond donors (Lipinski definition) is 1. The predicted octanol–water partition coefficient (Wildman–Crippen LogP) is 0.547. The smallest absolute Gasteiger partial charge is 0.311 e. The van der Waals surface area contributed by atoms with Crippen molar-refractivity contribution >= 4 is 5.97 Å². The van der Waals surface area contributed by atoms with E-state index in [4.69, 9.17) is 0 Å². The Morgan fingerprint density at radius 3 is 3.00 bits per heavy atom. The van der Waals surface area contributed by atoms with Gasteiger partial charge in [-0.3, -0.25) is 14.6 Å². The maximum Gasteiger partial charge on any atom is 0.311 e. The molecule has 0 unspecified atom stereocenters. The molecule has 1 N–H and O–H groups in total. The van der Waals surface area contributed by atoms with E-state index in [1.807, 2.05) is 0 Å². The molecule has 0 saturated carbocycles. The van der Waals surface area contributed by atoms with Gasteiger partial charge in [0.1, 0.15) is 5.82 Å². The molecule has 0 fully saturated rings. The lowest BCUT2D eigenvalue weighted by Gasteiger charge is -2.03. The van der Waals surface area contributed by atoms with E-state index in [0.717, 1.165) is 0 Å². The molecule has 0 bridgehead atoms. The first-order valence-corrected chi connectivity index (χ1v) is 5.26. The molecule has 2 rings (SSSR count). The summed E-state index contributed by atoms with van der Waals surface area (Å²) in [6.07, 6.45) is 3.17. The zero-order chi connectivity index (χ0) is 13.0. The van der Waals surface area contributed by atoms with Crippen molar-refractivity contribution in [1.82, 2.24) is 15.0 Å². The van der Waals surface area contributed by atoms with E-state index in [2.05, 4.69) is 19.7 Å². The molecule has 0 atom stereocenters. The number of H-pyrrole nitrogens is 1. The first-order chi connectivity index (χ1) is 8.69. The lowest BCUT2D eigenvalue weighted by atomic mass is 10.2. The number of esters is 1. The van der Waals surface area contributed by atoms with Crippen LogP contribution >= 0.6 is 0 Å². The Balaban J connectivity index is 2.39. The molecule has 2 aromatic heterocycles. The second kappa shape index (κ2) is 5.22. The highest BCUT2D eigenvalue weighted by Gasteiger charge is 2.08. The monoisotopic (exact) mass is 245 g/mol. The fraction of sp³-hybridized carbons (Fsp3) is 0.167. The Bertz CT molecular complexity index is 607. The topological polar surface area (TPSA) is 84.9 Å². The van der Waals surface area contributed by atoms with E-state index in [0.29, 0.717) is 17.1 Å². The molecule has 0 saturated heterocycles. The number of nitrogens with zero attached hydrogens (tertiary/aromatic N) is 2. The number of aromatic nitrogens is 3. The molecular weight excluding hydrogens is 234 g/mol. The quantitative estimate of drug-likeness (QED) is 0.798. The molecule has 2 heterocycles. The van der Waals surface area contributed by atoms with Gasteiger partial charge in [0, 0.05) is 24.0 Å². The maximum absolute atomic E-state index is 11.5. The lowest BCUT2D eigenvalue weighted by Crippen LogP contribution is -2.14. The van der Waals surface area contributed by atoms with E-state index in [-0.39, 0.29) is 12.0 Å². The SMILES string of the molecule is COC(=O)Cc1cc(=O)[nH]c(-c2cccnc2)n1. The Morgan fingerprint density at radius 1 is 1.50 bits per heavy atom. The zero-order valence-corrected chi connectivity index (χ0v) is 9.71. The number of carbonyl (C=O) groups is 1. The van der Waals surface area contributed by atoms with E-state index < -0.39 is 5.97 Å². The van der Waals surface area contributed by atoms with Crippen molar-refractivity contribution in [3.05, 3.63) is 46.6 Å². The Hall–Kier alpha value is -2.50. The summed E-state index contributed by atoms with van der Waals surface area (Å²) in [5.41, 5.74) is 0.730. The predicted molar refractivity (Wildman–Crippen MR) is 63.8 cm³/mol. The number of aromatic amines is 1. The minimum absolute atomic E-state index is 0.0340. The third-order valence-electron chi connectivity index (χ3n) is 2.28. The van der Waals surface area contributed by atoms with Gasteiger partial charge >= 0.3 is 5.97 Å². The Labute approximate surface area is 103 Å². The van der Waals surface area contributed by atoms with Gasteiger partial charge in [-0.15, -0.1) is 0 Å². The van der Waals surface area contributed by atoms with Gasteiger partial charge in [-0.05, 0) is 12.1 Å². The van der Waals surface area contributed by atoms with Crippen LogP contribution < -0.4 is 5.56 Å². The lowest BCUT2D eigenvalue weighted by molar-refractivity contribution is -0.139. The highest BCUT2D eigenvalue weighted by molar-refractivity contribution is 5.72. The standard InChI is InChI=1S/C12H11N3O3/c1-18-11(17)6-9-5-10(16)15-12(14-9)8-3-2-4-13-7-8/h2-5,7H,6H2,1H3,(H,14,15,16). The summed E-state index contributed by atoms with van der Waals surface area (Å²) >= 11 is 0. The van der Waals surface area contributed by atoms with Gasteiger partial charge in [-0.1, -0.05) is 0 Å². The molecule has 6 heteroatoms. The van der Waals surface area contributed by atoms with Gasteiger partial charge in [0.15, 0.2) is 0 Å². The van der Waals surface area contributed by atoms with Crippen LogP contribution in [0.5, 0.6) is 0 Å². The summed E-state index contributed by atoms with van der Waals surface area (Å²) < 4.78 is 4.54. The van der Waals surface area contributed by atoms with Crippen LogP contribution in [0.25, 0.3) is 11.4 Å². The highest BCUT2D eigenvalue weighted by Crippen LogP contribution is 2.11. The molecule has 0 amide bonds. The number of carbonyl (C=O) groups excluding carboxylic acids is 1. The van der Waals surface area contributed by atoms with E-state index in [1.165, 1.54) is 13.2 Å². The van der Waals surface area contributed by atoms with Gasteiger partial charge in [0.25, 0.3) is 5.56 Å². The molecule has 0 aliphatic heterocycles. The van der Waals surface area contributed by atoms with Gasteiger partial charge in [0.2, 0.25) is 0 Å². The van der Waals surface area contributed by atoms with Gasteiger partial charge in [0.05, 0.1) is 19.2 Å². The summed E-state index contributed by atoms with van der Waals surface area (Å²) in [5, 5.41) is 0. The molecule has 18 heavy (non-hydrogen) atoms. The molecular formula is C12H11N3O3. The van der Waals surface area contributed by atoms with Crippen molar-refractivity contribution in [3.63, 3.8) is 0 Å². The summed E-state index contributed by atoms with van der Waals surface area (Å²) in [5.74, 6) is -0.0558. The molecule has 0 aromatic carbocycles. The minimum Gasteiger partial charge on any atom is -0.469 e. The maximum atomic E-state index is 11.5. The Morgan fingerprint density at radius 2 is 2.33 bits per heavy atom. The number of nitrogens with one attached hydrogen (secondary N) is 1. The first kappa shape index (κ1) is 12.0. The largest absolute Gasteiger partial charge is 0.469 e. The van der Waals surface area contributed by atoms with Gasteiger partial charge in [-0.2, -0.15) is 0 Å². The van der Waals surface area contributed by atoms with Gasteiger partial charge in [-0.25, -0.2) is 4.98 Å². The minimum atomic E-state index is -0.440. The number of ether oxygens (including phenoxy) is 1. The van der Waals surface area contributed by atoms with Crippen molar-refractivity contribution in [2.75, 3.05) is 7.11 Å².